The van der Waals surface area contributed by atoms with E-state index in [2.05, 4.69) is 0 Å². The Morgan fingerprint density at radius 3 is 2.03 bits per heavy atom. The highest BCUT2D eigenvalue weighted by Gasteiger charge is 2.45. The van der Waals surface area contributed by atoms with Gasteiger partial charge in [-0.3, -0.25) is 14.4 Å². The fraction of sp³-hybridized carbons (Fsp3) is 0.320. The summed E-state index contributed by atoms with van der Waals surface area (Å²) in [6.07, 6.45) is 2.06. The van der Waals surface area contributed by atoms with Crippen molar-refractivity contribution in [3.05, 3.63) is 78.0 Å². The molecule has 1 atom stereocenters. The average molecular weight is 421 g/mol. The first kappa shape index (κ1) is 22.3. The van der Waals surface area contributed by atoms with E-state index in [4.69, 9.17) is 9.47 Å². The third kappa shape index (κ3) is 5.40. The molecule has 1 aliphatic heterocycles. The molecule has 0 spiro atoms. The van der Waals surface area contributed by atoms with Gasteiger partial charge < -0.3 is 14.4 Å². The third-order valence-corrected chi connectivity index (χ3v) is 5.18. The lowest BCUT2D eigenvalue weighted by Gasteiger charge is -2.33. The highest BCUT2D eigenvalue weighted by Crippen LogP contribution is 2.35. The van der Waals surface area contributed by atoms with Crippen LogP contribution in [0.15, 0.2) is 66.9 Å². The van der Waals surface area contributed by atoms with Gasteiger partial charge in [0.2, 0.25) is 5.91 Å². The number of esters is 2. The SMILES string of the molecule is CCOC(=O)C(C(=O)OCC)C1CC(c2ccccc2)=CN(Cc2ccccc2)C1=O. The number of rotatable bonds is 8. The summed E-state index contributed by atoms with van der Waals surface area (Å²) in [5, 5.41) is 0. The molecule has 2 aromatic carbocycles. The van der Waals surface area contributed by atoms with Gasteiger partial charge in [0.15, 0.2) is 5.92 Å². The number of allylic oxidation sites excluding steroid dienone is 1. The predicted octanol–water partition coefficient (Wildman–Crippen LogP) is 3.82. The van der Waals surface area contributed by atoms with E-state index in [-0.39, 0.29) is 25.5 Å². The van der Waals surface area contributed by atoms with E-state index in [9.17, 15) is 14.4 Å². The number of hydrogen-bond donors (Lipinski definition) is 0. The molecule has 0 saturated carbocycles. The predicted molar refractivity (Wildman–Crippen MR) is 116 cm³/mol. The molecular weight excluding hydrogens is 394 g/mol. The second-order valence-corrected chi connectivity index (χ2v) is 7.26. The standard InChI is InChI=1S/C25H27NO5/c1-3-30-24(28)22(25(29)31-4-2)21-15-20(19-13-9-6-10-14-19)17-26(23(21)27)16-18-11-7-5-8-12-18/h5-14,17,21-22H,3-4,15-16H2,1-2H3. The minimum absolute atomic E-state index is 0.116. The minimum Gasteiger partial charge on any atom is -0.465 e. The van der Waals surface area contributed by atoms with E-state index in [0.717, 1.165) is 16.7 Å². The molecule has 31 heavy (non-hydrogen) atoms. The number of carbonyl (C=O) groups is 3. The fourth-order valence-electron chi connectivity index (χ4n) is 3.74. The van der Waals surface area contributed by atoms with Crippen LogP contribution in [0.3, 0.4) is 0 Å². The van der Waals surface area contributed by atoms with E-state index < -0.39 is 23.8 Å². The van der Waals surface area contributed by atoms with Gasteiger partial charge >= 0.3 is 11.9 Å². The summed E-state index contributed by atoms with van der Waals surface area (Å²) < 4.78 is 10.3. The molecule has 0 radical (unpaired) electrons. The van der Waals surface area contributed by atoms with E-state index in [0.29, 0.717) is 6.54 Å². The Balaban J connectivity index is 2.00. The van der Waals surface area contributed by atoms with Gasteiger partial charge in [-0.05, 0) is 37.0 Å². The van der Waals surface area contributed by atoms with Crippen molar-refractivity contribution < 1.29 is 23.9 Å². The number of nitrogens with zero attached hydrogens (tertiary/aromatic N) is 1. The summed E-state index contributed by atoms with van der Waals surface area (Å²) in [6, 6.07) is 19.2. The zero-order valence-electron chi connectivity index (χ0n) is 17.8. The van der Waals surface area contributed by atoms with Crippen molar-refractivity contribution in [3.8, 4) is 0 Å². The lowest BCUT2D eigenvalue weighted by Crippen LogP contribution is -2.45. The van der Waals surface area contributed by atoms with Crippen molar-refractivity contribution in [2.24, 2.45) is 11.8 Å². The summed E-state index contributed by atoms with van der Waals surface area (Å²) in [7, 11) is 0. The Morgan fingerprint density at radius 1 is 0.935 bits per heavy atom. The lowest BCUT2D eigenvalue weighted by molar-refractivity contribution is -0.168. The normalized spacial score (nSPS) is 16.1. The highest BCUT2D eigenvalue weighted by atomic mass is 16.6. The molecule has 6 nitrogen and oxygen atoms in total. The molecule has 0 aliphatic carbocycles. The summed E-state index contributed by atoms with van der Waals surface area (Å²) in [6.45, 7) is 3.90. The number of amides is 1. The zero-order chi connectivity index (χ0) is 22.2. The summed E-state index contributed by atoms with van der Waals surface area (Å²) >= 11 is 0. The Kier molecular flexibility index (Phi) is 7.60. The molecule has 0 bridgehead atoms. The van der Waals surface area contributed by atoms with Crippen LogP contribution in [0.25, 0.3) is 5.57 Å². The molecule has 1 heterocycles. The van der Waals surface area contributed by atoms with Crippen molar-refractivity contribution >= 4 is 23.4 Å². The van der Waals surface area contributed by atoms with Gasteiger partial charge in [-0.15, -0.1) is 0 Å². The number of hydrogen-bond acceptors (Lipinski definition) is 5. The summed E-state index contributed by atoms with van der Waals surface area (Å²) in [5.74, 6) is -3.96. The van der Waals surface area contributed by atoms with Crippen LogP contribution in [0.4, 0.5) is 0 Å². The van der Waals surface area contributed by atoms with Gasteiger partial charge in [-0.1, -0.05) is 60.7 Å². The molecule has 0 aromatic heterocycles. The lowest BCUT2D eigenvalue weighted by atomic mass is 9.81. The maximum atomic E-state index is 13.4. The summed E-state index contributed by atoms with van der Waals surface area (Å²) in [5.41, 5.74) is 2.76. The van der Waals surface area contributed by atoms with Crippen LogP contribution in [0.5, 0.6) is 0 Å². The fourth-order valence-corrected chi connectivity index (χ4v) is 3.74. The van der Waals surface area contributed by atoms with E-state index in [1.165, 1.54) is 0 Å². The van der Waals surface area contributed by atoms with Crippen molar-refractivity contribution in [1.82, 2.24) is 4.90 Å². The first-order valence-electron chi connectivity index (χ1n) is 10.5. The topological polar surface area (TPSA) is 72.9 Å². The van der Waals surface area contributed by atoms with E-state index >= 15 is 0 Å². The molecular formula is C25H27NO5. The second-order valence-electron chi connectivity index (χ2n) is 7.26. The van der Waals surface area contributed by atoms with Gasteiger partial charge in [0.05, 0.1) is 25.7 Å². The van der Waals surface area contributed by atoms with E-state index in [1.54, 1.807) is 18.7 Å². The Hall–Kier alpha value is -3.41. The molecule has 0 fully saturated rings. The molecule has 1 amide bonds. The van der Waals surface area contributed by atoms with Crippen LogP contribution in [-0.4, -0.2) is 36.0 Å². The van der Waals surface area contributed by atoms with Crippen LogP contribution in [-0.2, 0) is 30.4 Å². The largest absolute Gasteiger partial charge is 0.465 e. The van der Waals surface area contributed by atoms with Gasteiger partial charge in [-0.25, -0.2) is 0 Å². The zero-order valence-corrected chi connectivity index (χ0v) is 17.8. The molecule has 1 unspecified atom stereocenters. The van der Waals surface area contributed by atoms with Gasteiger partial charge in [-0.2, -0.15) is 0 Å². The van der Waals surface area contributed by atoms with Crippen LogP contribution in [0.2, 0.25) is 0 Å². The van der Waals surface area contributed by atoms with Crippen LogP contribution >= 0.6 is 0 Å². The first-order valence-corrected chi connectivity index (χ1v) is 10.5. The Morgan fingerprint density at radius 2 is 1.48 bits per heavy atom. The minimum atomic E-state index is -1.31. The number of benzene rings is 2. The van der Waals surface area contributed by atoms with Crippen LogP contribution in [0, 0.1) is 11.8 Å². The molecule has 2 aromatic rings. The third-order valence-electron chi connectivity index (χ3n) is 5.18. The monoisotopic (exact) mass is 421 g/mol. The Labute approximate surface area is 182 Å². The highest BCUT2D eigenvalue weighted by molar-refractivity contribution is 6.01. The van der Waals surface area contributed by atoms with Crippen molar-refractivity contribution in [1.29, 1.82) is 0 Å². The quantitative estimate of drug-likeness (QED) is 0.479. The molecule has 162 valence electrons. The molecule has 0 N–H and O–H groups in total. The van der Waals surface area contributed by atoms with Crippen molar-refractivity contribution in [2.75, 3.05) is 13.2 Å². The second kappa shape index (κ2) is 10.6. The maximum Gasteiger partial charge on any atom is 0.321 e. The average Bonchev–Trinajstić information content (AvgIpc) is 2.78. The van der Waals surface area contributed by atoms with Crippen molar-refractivity contribution in [2.45, 2.75) is 26.8 Å². The smallest absolute Gasteiger partial charge is 0.321 e. The molecule has 0 saturated heterocycles. The number of ether oxygens (including phenoxy) is 2. The van der Waals surface area contributed by atoms with Crippen molar-refractivity contribution in [3.63, 3.8) is 0 Å². The van der Waals surface area contributed by atoms with E-state index in [1.807, 2.05) is 66.9 Å². The van der Waals surface area contributed by atoms with Gasteiger partial charge in [0.1, 0.15) is 0 Å². The Bertz CT molecular complexity index is 921. The first-order chi connectivity index (χ1) is 15.0. The van der Waals surface area contributed by atoms with Crippen LogP contribution in [0.1, 0.15) is 31.4 Å². The van der Waals surface area contributed by atoms with Gasteiger partial charge in [0.25, 0.3) is 0 Å². The maximum absolute atomic E-state index is 13.4. The molecule has 1 aliphatic rings. The van der Waals surface area contributed by atoms with Crippen LogP contribution < -0.4 is 0 Å². The summed E-state index contributed by atoms with van der Waals surface area (Å²) in [4.78, 5) is 40.4. The molecule has 3 rings (SSSR count). The number of carbonyl (C=O) groups excluding carboxylic acids is 3. The molecule has 6 heteroatoms. The van der Waals surface area contributed by atoms with Gasteiger partial charge in [0, 0.05) is 6.20 Å².